The Morgan fingerprint density at radius 2 is 2.11 bits per heavy atom. The van der Waals surface area contributed by atoms with Gasteiger partial charge in [0.1, 0.15) is 0 Å². The predicted octanol–water partition coefficient (Wildman–Crippen LogP) is 2.55. The highest BCUT2D eigenvalue weighted by atomic mass is 16.4. The lowest BCUT2D eigenvalue weighted by atomic mass is 10.1. The molecule has 0 fully saturated rings. The summed E-state index contributed by atoms with van der Waals surface area (Å²) in [7, 11) is 0. The summed E-state index contributed by atoms with van der Waals surface area (Å²) in [4.78, 5) is 10.8. The Balaban J connectivity index is 2.31. The van der Waals surface area contributed by atoms with E-state index in [0.29, 0.717) is 18.5 Å². The largest absolute Gasteiger partial charge is 0.478 e. The van der Waals surface area contributed by atoms with Crippen molar-refractivity contribution >= 4 is 5.97 Å². The van der Waals surface area contributed by atoms with Crippen LogP contribution < -0.4 is 5.32 Å². The van der Waals surface area contributed by atoms with E-state index in [1.807, 2.05) is 19.1 Å². The number of carbonyl (C=O) groups is 1. The highest BCUT2D eigenvalue weighted by molar-refractivity contribution is 5.86. The Hall–Kier alpha value is -1.61. The zero-order valence-corrected chi connectivity index (χ0v) is 11.1. The van der Waals surface area contributed by atoms with Gasteiger partial charge in [-0.2, -0.15) is 0 Å². The predicted molar refractivity (Wildman–Crippen MR) is 73.8 cm³/mol. The molecule has 2 N–H and O–H groups in total. The van der Waals surface area contributed by atoms with E-state index < -0.39 is 5.97 Å². The third-order valence-electron chi connectivity index (χ3n) is 2.98. The molecule has 0 aliphatic carbocycles. The lowest BCUT2D eigenvalue weighted by Crippen LogP contribution is -2.18. The average molecular weight is 247 g/mol. The van der Waals surface area contributed by atoms with Gasteiger partial charge in [-0.3, -0.25) is 0 Å². The fraction of sp³-hybridized carbons (Fsp3) is 0.400. The second-order valence-corrected chi connectivity index (χ2v) is 4.27. The van der Waals surface area contributed by atoms with Crippen molar-refractivity contribution in [3.05, 3.63) is 47.0 Å². The number of rotatable bonds is 7. The number of carboxylic acid groups (broad SMARTS) is 1. The molecule has 0 radical (unpaired) electrons. The van der Waals surface area contributed by atoms with Crippen LogP contribution in [0.25, 0.3) is 0 Å². The van der Waals surface area contributed by atoms with Crippen molar-refractivity contribution in [3.63, 3.8) is 0 Å². The number of nitrogens with one attached hydrogen (secondary N) is 1. The highest BCUT2D eigenvalue weighted by Crippen LogP contribution is 2.06. The van der Waals surface area contributed by atoms with Crippen molar-refractivity contribution in [2.75, 3.05) is 13.1 Å². The summed E-state index contributed by atoms with van der Waals surface area (Å²) in [5, 5.41) is 12.1. The van der Waals surface area contributed by atoms with E-state index in [1.165, 1.54) is 11.1 Å². The fourth-order valence-electron chi connectivity index (χ4n) is 1.79. The van der Waals surface area contributed by atoms with Crippen LogP contribution in [-0.4, -0.2) is 24.2 Å². The monoisotopic (exact) mass is 247 g/mol. The van der Waals surface area contributed by atoms with E-state index in [9.17, 15) is 4.79 Å². The van der Waals surface area contributed by atoms with Crippen molar-refractivity contribution < 1.29 is 9.90 Å². The molecule has 0 saturated heterocycles. The normalized spacial score (nSPS) is 11.6. The van der Waals surface area contributed by atoms with E-state index in [0.717, 1.165) is 13.0 Å². The minimum Gasteiger partial charge on any atom is -0.478 e. The van der Waals surface area contributed by atoms with Gasteiger partial charge < -0.3 is 10.4 Å². The Bertz CT molecular complexity index is 424. The Labute approximate surface area is 109 Å². The molecule has 0 amide bonds. The summed E-state index contributed by atoms with van der Waals surface area (Å²) in [5.74, 6) is -0.821. The molecule has 0 aliphatic rings. The highest BCUT2D eigenvalue weighted by Gasteiger charge is 2.02. The zero-order valence-electron chi connectivity index (χ0n) is 11.1. The number of aryl methyl sites for hydroxylation is 1. The van der Waals surface area contributed by atoms with Crippen LogP contribution in [0.2, 0.25) is 0 Å². The van der Waals surface area contributed by atoms with Gasteiger partial charge in [0.15, 0.2) is 0 Å². The van der Waals surface area contributed by atoms with E-state index in [2.05, 4.69) is 24.4 Å². The van der Waals surface area contributed by atoms with Crippen molar-refractivity contribution in [2.24, 2.45) is 0 Å². The summed E-state index contributed by atoms with van der Waals surface area (Å²) in [6.07, 6.45) is 3.28. The van der Waals surface area contributed by atoms with Gasteiger partial charge in [-0.25, -0.2) is 4.79 Å². The molecule has 0 unspecified atom stereocenters. The number of aliphatic carboxylic acids is 1. The van der Waals surface area contributed by atoms with Gasteiger partial charge in [-0.05, 0) is 37.4 Å². The van der Waals surface area contributed by atoms with E-state index in [4.69, 9.17) is 5.11 Å². The Morgan fingerprint density at radius 3 is 2.72 bits per heavy atom. The molecule has 98 valence electrons. The molecular weight excluding hydrogens is 226 g/mol. The molecule has 0 saturated carbocycles. The van der Waals surface area contributed by atoms with Crippen LogP contribution in [-0.2, 0) is 11.2 Å². The first-order valence-corrected chi connectivity index (χ1v) is 6.32. The zero-order chi connectivity index (χ0) is 13.4. The Morgan fingerprint density at radius 1 is 1.39 bits per heavy atom. The van der Waals surface area contributed by atoms with Crippen LogP contribution in [0, 0.1) is 6.92 Å². The van der Waals surface area contributed by atoms with Gasteiger partial charge in [-0.15, -0.1) is 0 Å². The maximum Gasteiger partial charge on any atom is 0.331 e. The second-order valence-electron chi connectivity index (χ2n) is 4.27. The summed E-state index contributed by atoms with van der Waals surface area (Å²) in [6, 6.07) is 8.31. The molecule has 0 atom stereocenters. The first kappa shape index (κ1) is 14.5. The molecular formula is C15H21NO2. The summed E-state index contributed by atoms with van der Waals surface area (Å²) < 4.78 is 0. The lowest BCUT2D eigenvalue weighted by Gasteiger charge is -2.06. The quantitative estimate of drug-likeness (QED) is 0.575. The fourth-order valence-corrected chi connectivity index (χ4v) is 1.79. The van der Waals surface area contributed by atoms with E-state index in [1.54, 1.807) is 6.08 Å². The number of benzene rings is 1. The summed E-state index contributed by atoms with van der Waals surface area (Å²) >= 11 is 0. The Kier molecular flexibility index (Phi) is 6.15. The van der Waals surface area contributed by atoms with E-state index in [-0.39, 0.29) is 0 Å². The smallest absolute Gasteiger partial charge is 0.331 e. The molecule has 1 aromatic carbocycles. The summed E-state index contributed by atoms with van der Waals surface area (Å²) in [6.45, 7) is 5.43. The lowest BCUT2D eigenvalue weighted by molar-refractivity contribution is -0.132. The third-order valence-corrected chi connectivity index (χ3v) is 2.98. The molecule has 0 aliphatic heterocycles. The number of hydrogen-bond acceptors (Lipinski definition) is 2. The van der Waals surface area contributed by atoms with Gasteiger partial charge in [0.25, 0.3) is 0 Å². The number of carboxylic acids is 1. The van der Waals surface area contributed by atoms with Gasteiger partial charge in [-0.1, -0.05) is 37.3 Å². The minimum absolute atomic E-state index is 0.471. The third kappa shape index (κ3) is 4.72. The molecule has 0 heterocycles. The topological polar surface area (TPSA) is 49.3 Å². The number of hydrogen-bond donors (Lipinski definition) is 2. The minimum atomic E-state index is -0.821. The van der Waals surface area contributed by atoms with Gasteiger partial charge in [0.2, 0.25) is 0 Å². The standard InChI is InChI=1S/C15H21NO2/c1-3-13(15(17)18)8-10-16-11-9-14-7-5-4-6-12(14)2/h4-8,16H,3,9-11H2,1-2H3,(H,17,18)/b13-8-. The molecule has 0 spiro atoms. The van der Waals surface area contributed by atoms with Crippen LogP contribution in [0.5, 0.6) is 0 Å². The first-order chi connectivity index (χ1) is 8.65. The van der Waals surface area contributed by atoms with Crippen molar-refractivity contribution in [1.82, 2.24) is 5.32 Å². The molecule has 1 aromatic rings. The van der Waals surface area contributed by atoms with Crippen LogP contribution >= 0.6 is 0 Å². The first-order valence-electron chi connectivity index (χ1n) is 6.32. The van der Waals surface area contributed by atoms with Gasteiger partial charge in [0.05, 0.1) is 0 Å². The van der Waals surface area contributed by atoms with Gasteiger partial charge >= 0.3 is 5.97 Å². The second kappa shape index (κ2) is 7.67. The SMILES string of the molecule is CC/C(=C/CNCCc1ccccc1C)C(=O)O. The van der Waals surface area contributed by atoms with Crippen molar-refractivity contribution in [2.45, 2.75) is 26.7 Å². The maximum absolute atomic E-state index is 10.8. The molecule has 3 heteroatoms. The maximum atomic E-state index is 10.8. The van der Waals surface area contributed by atoms with E-state index >= 15 is 0 Å². The average Bonchev–Trinajstić information content (AvgIpc) is 2.35. The van der Waals surface area contributed by atoms with Gasteiger partial charge in [0, 0.05) is 12.1 Å². The molecule has 0 aromatic heterocycles. The van der Waals surface area contributed by atoms with Crippen molar-refractivity contribution in [3.8, 4) is 0 Å². The molecule has 0 bridgehead atoms. The molecule has 1 rings (SSSR count). The van der Waals surface area contributed by atoms with Crippen molar-refractivity contribution in [1.29, 1.82) is 0 Å². The molecule has 18 heavy (non-hydrogen) atoms. The van der Waals surface area contributed by atoms with Crippen LogP contribution in [0.3, 0.4) is 0 Å². The van der Waals surface area contributed by atoms with Crippen LogP contribution in [0.4, 0.5) is 0 Å². The molecule has 3 nitrogen and oxygen atoms in total. The summed E-state index contributed by atoms with van der Waals surface area (Å²) in [5.41, 5.74) is 3.11. The van der Waals surface area contributed by atoms with Crippen LogP contribution in [0.1, 0.15) is 24.5 Å². The van der Waals surface area contributed by atoms with Crippen LogP contribution in [0.15, 0.2) is 35.9 Å².